The van der Waals surface area contributed by atoms with Crippen LogP contribution < -0.4 is 11.2 Å². The van der Waals surface area contributed by atoms with E-state index in [0.29, 0.717) is 6.20 Å². The van der Waals surface area contributed by atoms with E-state index in [2.05, 4.69) is 40.4 Å². The predicted molar refractivity (Wildman–Crippen MR) is 134 cm³/mol. The monoisotopic (exact) mass is 518 g/mol. The summed E-state index contributed by atoms with van der Waals surface area (Å²) in [4.78, 5) is 25.8. The number of ether oxygens (including phenoxy) is 1. The van der Waals surface area contributed by atoms with Crippen LogP contribution in [0.1, 0.15) is 47.8 Å². The molecule has 0 bridgehead atoms. The second kappa shape index (κ2) is 9.23. The van der Waals surface area contributed by atoms with Crippen molar-refractivity contribution < 1.29 is 22.4 Å². The summed E-state index contributed by atoms with van der Waals surface area (Å²) in [6, 6.07) is 0. The van der Waals surface area contributed by atoms with Gasteiger partial charge in [0.1, 0.15) is 11.7 Å². The van der Waals surface area contributed by atoms with Gasteiger partial charge < -0.3 is 13.6 Å². The van der Waals surface area contributed by atoms with E-state index in [4.69, 9.17) is 13.6 Å². The molecule has 2 rings (SSSR count). The van der Waals surface area contributed by atoms with E-state index >= 15 is 4.39 Å². The maximum atomic E-state index is 16.1. The van der Waals surface area contributed by atoms with Crippen molar-refractivity contribution in [1.82, 2.24) is 9.55 Å². The first-order valence-corrected chi connectivity index (χ1v) is 17.3. The van der Waals surface area contributed by atoms with Gasteiger partial charge >= 0.3 is 5.69 Å². The Morgan fingerprint density at radius 3 is 2.15 bits per heavy atom. The normalized spacial score (nSPS) is 26.6. The van der Waals surface area contributed by atoms with Gasteiger partial charge in [0.05, 0.1) is 12.8 Å². The molecule has 2 heterocycles. The Labute approximate surface area is 202 Å². The number of aromatic nitrogens is 2. The summed E-state index contributed by atoms with van der Waals surface area (Å²) >= 11 is 0. The maximum Gasteiger partial charge on any atom is 0.330 e. The lowest BCUT2D eigenvalue weighted by Gasteiger charge is -2.44. The minimum Gasteiger partial charge on any atom is -0.413 e. The Morgan fingerprint density at radius 1 is 1.15 bits per heavy atom. The molecular weight excluding hydrogens is 478 g/mol. The van der Waals surface area contributed by atoms with Crippen LogP contribution >= 0.6 is 0 Å². The smallest absolute Gasteiger partial charge is 0.330 e. The number of alkyl halides is 1. The van der Waals surface area contributed by atoms with Crippen LogP contribution in [0.4, 0.5) is 8.78 Å². The molecule has 194 valence electrons. The van der Waals surface area contributed by atoms with Crippen LogP contribution in [0.2, 0.25) is 36.3 Å². The molecule has 0 amide bonds. The Hall–Kier alpha value is -1.41. The fourth-order valence-electron chi connectivity index (χ4n) is 3.14. The zero-order valence-corrected chi connectivity index (χ0v) is 24.0. The Kier molecular flexibility index (Phi) is 7.83. The van der Waals surface area contributed by atoms with Crippen LogP contribution in [0.15, 0.2) is 28.4 Å². The highest BCUT2D eigenvalue weighted by atomic mass is 28.4. The average molecular weight is 519 g/mol. The Morgan fingerprint density at radius 2 is 1.68 bits per heavy atom. The molecule has 0 aromatic carbocycles. The average Bonchev–Trinajstić information content (AvgIpc) is 2.94. The third-order valence-corrected chi connectivity index (χ3v) is 16.6. The standard InChI is InChI=1S/C23H40F2N2O5Si2/c1-12-23(14-30-33(8,9)21(2,3)4)17(32-34(10,11)22(5,6)7)16(25)19(31-23)27-13-15(24)18(28)26-20(27)29/h12-13,16-17,19H,1,14H2,2-11H3,(H,26,28,29)/t16-,17?,19+,23+/m0/s1. The van der Waals surface area contributed by atoms with Crippen LogP contribution in [-0.4, -0.2) is 50.7 Å². The molecule has 1 unspecified atom stereocenters. The van der Waals surface area contributed by atoms with Gasteiger partial charge in [0.25, 0.3) is 5.56 Å². The number of halogens is 2. The predicted octanol–water partition coefficient (Wildman–Crippen LogP) is 4.88. The molecule has 0 radical (unpaired) electrons. The SMILES string of the molecule is C=C[C@]1(CO[Si](C)(C)C(C)(C)C)O[C@@H](n2cc(F)c(=O)[nH]c2=O)[C@@H](F)C1O[Si](C)(C)C(C)(C)C. The molecule has 1 aromatic heterocycles. The maximum absolute atomic E-state index is 16.1. The third-order valence-electron chi connectivity index (χ3n) is 7.62. The molecule has 0 spiro atoms. The van der Waals surface area contributed by atoms with Crippen molar-refractivity contribution in [3.63, 3.8) is 0 Å². The molecule has 1 saturated heterocycles. The molecule has 7 nitrogen and oxygen atoms in total. The zero-order chi connectivity index (χ0) is 26.5. The first-order valence-electron chi connectivity index (χ1n) is 11.5. The lowest BCUT2D eigenvalue weighted by molar-refractivity contribution is -0.0936. The number of nitrogens with one attached hydrogen (secondary N) is 1. The van der Waals surface area contributed by atoms with Crippen LogP contribution in [0.3, 0.4) is 0 Å². The molecule has 1 N–H and O–H groups in total. The number of rotatable bonds is 7. The molecule has 1 fully saturated rings. The first kappa shape index (κ1) is 28.8. The highest BCUT2D eigenvalue weighted by Crippen LogP contribution is 2.47. The molecule has 0 aliphatic carbocycles. The van der Waals surface area contributed by atoms with E-state index in [-0.39, 0.29) is 16.7 Å². The molecule has 4 atom stereocenters. The minimum atomic E-state index is -2.52. The number of H-pyrrole nitrogens is 1. The van der Waals surface area contributed by atoms with Crippen LogP contribution in [-0.2, 0) is 13.6 Å². The highest BCUT2D eigenvalue weighted by molar-refractivity contribution is 6.74. The topological polar surface area (TPSA) is 82.5 Å². The van der Waals surface area contributed by atoms with E-state index in [1.165, 1.54) is 6.08 Å². The van der Waals surface area contributed by atoms with Gasteiger partial charge in [-0.1, -0.05) is 47.6 Å². The molecular formula is C23H40F2N2O5Si2. The molecule has 11 heteroatoms. The van der Waals surface area contributed by atoms with Gasteiger partial charge in [-0.15, -0.1) is 6.58 Å². The van der Waals surface area contributed by atoms with Crippen molar-refractivity contribution in [3.8, 4) is 0 Å². The van der Waals surface area contributed by atoms with Gasteiger partial charge in [0, 0.05) is 0 Å². The van der Waals surface area contributed by atoms with Crippen molar-refractivity contribution in [2.45, 2.75) is 102 Å². The largest absolute Gasteiger partial charge is 0.413 e. The van der Waals surface area contributed by atoms with Crippen LogP contribution in [0.5, 0.6) is 0 Å². The van der Waals surface area contributed by atoms with Gasteiger partial charge in [-0.25, -0.2) is 9.18 Å². The summed E-state index contributed by atoms with van der Waals surface area (Å²) in [5, 5.41) is -0.351. The highest BCUT2D eigenvalue weighted by Gasteiger charge is 2.59. The molecule has 34 heavy (non-hydrogen) atoms. The van der Waals surface area contributed by atoms with Crippen molar-refractivity contribution in [3.05, 3.63) is 45.5 Å². The quantitative estimate of drug-likeness (QED) is 0.411. The summed E-state index contributed by atoms with van der Waals surface area (Å²) < 4.78 is 49.9. The summed E-state index contributed by atoms with van der Waals surface area (Å²) in [7, 11) is -4.81. The van der Waals surface area contributed by atoms with E-state index < -0.39 is 57.8 Å². The summed E-state index contributed by atoms with van der Waals surface area (Å²) in [6.45, 7) is 24.3. The van der Waals surface area contributed by atoms with Gasteiger partial charge in [0.2, 0.25) is 5.82 Å². The van der Waals surface area contributed by atoms with Gasteiger partial charge in [0.15, 0.2) is 29.0 Å². The van der Waals surface area contributed by atoms with Crippen LogP contribution in [0, 0.1) is 5.82 Å². The summed E-state index contributed by atoms with van der Waals surface area (Å²) in [5.41, 5.74) is -3.59. The number of hydrogen-bond acceptors (Lipinski definition) is 5. The molecule has 0 saturated carbocycles. The van der Waals surface area contributed by atoms with E-state index in [1.54, 1.807) is 0 Å². The fourth-order valence-corrected chi connectivity index (χ4v) is 5.48. The van der Waals surface area contributed by atoms with Gasteiger partial charge in [-0.2, -0.15) is 4.39 Å². The second-order valence-corrected chi connectivity index (χ2v) is 21.7. The molecule has 1 aliphatic heterocycles. The fraction of sp³-hybridized carbons (Fsp3) is 0.739. The first-order chi connectivity index (χ1) is 15.2. The van der Waals surface area contributed by atoms with Gasteiger partial charge in [-0.05, 0) is 36.3 Å². The van der Waals surface area contributed by atoms with Crippen molar-refractivity contribution in [1.29, 1.82) is 0 Å². The van der Waals surface area contributed by atoms with Crippen molar-refractivity contribution in [2.75, 3.05) is 6.61 Å². The summed E-state index contributed by atoms with van der Waals surface area (Å²) in [5.74, 6) is -1.22. The molecule has 1 aromatic rings. The van der Waals surface area contributed by atoms with E-state index in [0.717, 1.165) is 4.57 Å². The van der Waals surface area contributed by atoms with E-state index in [9.17, 15) is 14.0 Å². The van der Waals surface area contributed by atoms with Gasteiger partial charge in [-0.3, -0.25) is 14.3 Å². The third kappa shape index (κ3) is 5.38. The summed E-state index contributed by atoms with van der Waals surface area (Å²) in [6.07, 6.45) is -2.41. The lowest BCUT2D eigenvalue weighted by Crippen LogP contribution is -2.55. The van der Waals surface area contributed by atoms with Crippen molar-refractivity contribution in [2.24, 2.45) is 0 Å². The Balaban J connectivity index is 2.59. The minimum absolute atomic E-state index is 0.0379. The van der Waals surface area contributed by atoms with Crippen molar-refractivity contribution >= 4 is 16.6 Å². The number of hydrogen-bond donors (Lipinski definition) is 1. The number of nitrogens with zero attached hydrogens (tertiary/aromatic N) is 1. The van der Waals surface area contributed by atoms with Crippen LogP contribution in [0.25, 0.3) is 0 Å². The molecule has 1 aliphatic rings. The second-order valence-electron chi connectivity index (χ2n) is 12.1. The van der Waals surface area contributed by atoms with E-state index in [1.807, 2.05) is 38.8 Å². The lowest BCUT2D eigenvalue weighted by atomic mass is 9.97. The number of aromatic amines is 1. The zero-order valence-electron chi connectivity index (χ0n) is 22.0. The Bertz CT molecular complexity index is 1030.